The van der Waals surface area contributed by atoms with E-state index in [2.05, 4.69) is 12.1 Å². The molecule has 0 fully saturated rings. The third-order valence-electron chi connectivity index (χ3n) is 1.90. The third-order valence-corrected chi connectivity index (χ3v) is 1.90. The van der Waals surface area contributed by atoms with Crippen molar-refractivity contribution in [3.05, 3.63) is 48.4 Å². The molecule has 0 N–H and O–H groups in total. The van der Waals surface area contributed by atoms with E-state index < -0.39 is 0 Å². The molecule has 0 unspecified atom stereocenters. The van der Waals surface area contributed by atoms with Crippen LogP contribution in [0.25, 0.3) is 11.1 Å². The SMILES string of the molecule is Cc1[c]cccc1-c1ccoc1. The van der Waals surface area contributed by atoms with Crippen LogP contribution >= 0.6 is 0 Å². The molecule has 2 aromatic rings. The van der Waals surface area contributed by atoms with Crippen LogP contribution in [0.5, 0.6) is 0 Å². The van der Waals surface area contributed by atoms with Crippen LogP contribution < -0.4 is 0 Å². The highest BCUT2D eigenvalue weighted by atomic mass is 16.3. The van der Waals surface area contributed by atoms with Crippen LogP contribution in [0.15, 0.2) is 41.2 Å². The molecule has 1 heterocycles. The van der Waals surface area contributed by atoms with Gasteiger partial charge in [0.25, 0.3) is 0 Å². The zero-order chi connectivity index (χ0) is 8.39. The lowest BCUT2D eigenvalue weighted by Gasteiger charge is -1.99. The van der Waals surface area contributed by atoms with E-state index in [0.717, 1.165) is 11.1 Å². The van der Waals surface area contributed by atoms with Crippen molar-refractivity contribution in [2.75, 3.05) is 0 Å². The number of hydrogen-bond donors (Lipinski definition) is 0. The van der Waals surface area contributed by atoms with Crippen LogP contribution in [0.2, 0.25) is 0 Å². The Labute approximate surface area is 71.6 Å². The van der Waals surface area contributed by atoms with Gasteiger partial charge >= 0.3 is 0 Å². The predicted octanol–water partition coefficient (Wildman–Crippen LogP) is 3.06. The Bertz CT molecular complexity index is 360. The molecule has 12 heavy (non-hydrogen) atoms. The Hall–Kier alpha value is -1.50. The summed E-state index contributed by atoms with van der Waals surface area (Å²) in [6.45, 7) is 2.04. The maximum atomic E-state index is 5.01. The van der Waals surface area contributed by atoms with Gasteiger partial charge in [-0.15, -0.1) is 0 Å². The van der Waals surface area contributed by atoms with Crippen molar-refractivity contribution < 1.29 is 4.42 Å². The van der Waals surface area contributed by atoms with Gasteiger partial charge in [-0.1, -0.05) is 18.2 Å². The van der Waals surface area contributed by atoms with Gasteiger partial charge in [-0.05, 0) is 30.2 Å². The first-order chi connectivity index (χ1) is 5.88. The Morgan fingerprint density at radius 3 is 2.92 bits per heavy atom. The molecule has 0 saturated heterocycles. The molecule has 0 aliphatic carbocycles. The lowest BCUT2D eigenvalue weighted by Crippen LogP contribution is -1.78. The fourth-order valence-electron chi connectivity index (χ4n) is 1.25. The standard InChI is InChI=1S/C11H9O/c1-9-4-2-3-5-11(9)10-6-7-12-8-10/h2-3,5-8H,1H3. The highest BCUT2D eigenvalue weighted by Gasteiger charge is 2.00. The van der Waals surface area contributed by atoms with Gasteiger partial charge in [-0.25, -0.2) is 0 Å². The number of benzene rings is 1. The summed E-state index contributed by atoms with van der Waals surface area (Å²) in [7, 11) is 0. The molecule has 0 saturated carbocycles. The van der Waals surface area contributed by atoms with Gasteiger partial charge in [0.15, 0.2) is 0 Å². The monoisotopic (exact) mass is 157 g/mol. The minimum absolute atomic E-state index is 1.12. The Morgan fingerprint density at radius 1 is 1.33 bits per heavy atom. The van der Waals surface area contributed by atoms with Crippen molar-refractivity contribution in [3.63, 3.8) is 0 Å². The highest BCUT2D eigenvalue weighted by molar-refractivity contribution is 5.65. The van der Waals surface area contributed by atoms with Crippen molar-refractivity contribution in [2.45, 2.75) is 6.92 Å². The molecule has 0 bridgehead atoms. The fraction of sp³-hybridized carbons (Fsp3) is 0.0909. The summed E-state index contributed by atoms with van der Waals surface area (Å²) in [5.74, 6) is 0. The van der Waals surface area contributed by atoms with Crippen LogP contribution in [-0.4, -0.2) is 0 Å². The number of furan rings is 1. The number of rotatable bonds is 1. The van der Waals surface area contributed by atoms with E-state index in [1.807, 2.05) is 25.1 Å². The normalized spacial score (nSPS) is 10.1. The minimum Gasteiger partial charge on any atom is -0.472 e. The van der Waals surface area contributed by atoms with E-state index in [1.54, 1.807) is 12.5 Å². The van der Waals surface area contributed by atoms with Crippen molar-refractivity contribution in [3.8, 4) is 11.1 Å². The maximum absolute atomic E-state index is 5.01. The van der Waals surface area contributed by atoms with E-state index in [4.69, 9.17) is 4.42 Å². The molecule has 0 spiro atoms. The lowest BCUT2D eigenvalue weighted by molar-refractivity contribution is 0.568. The van der Waals surface area contributed by atoms with Crippen LogP contribution in [0.1, 0.15) is 5.56 Å². The molecule has 0 amide bonds. The highest BCUT2D eigenvalue weighted by Crippen LogP contribution is 2.22. The molecule has 0 aliphatic rings. The van der Waals surface area contributed by atoms with Gasteiger partial charge in [0.05, 0.1) is 12.5 Å². The summed E-state index contributed by atoms with van der Waals surface area (Å²) in [4.78, 5) is 0. The average Bonchev–Trinajstić information content (AvgIpc) is 2.57. The fourth-order valence-corrected chi connectivity index (χ4v) is 1.25. The molecule has 2 rings (SSSR count). The topological polar surface area (TPSA) is 13.1 Å². The second kappa shape index (κ2) is 2.86. The minimum atomic E-state index is 1.12. The van der Waals surface area contributed by atoms with Gasteiger partial charge in [-0.3, -0.25) is 0 Å². The maximum Gasteiger partial charge on any atom is 0.0981 e. The quantitative estimate of drug-likeness (QED) is 0.620. The molecule has 59 valence electrons. The van der Waals surface area contributed by atoms with E-state index >= 15 is 0 Å². The molecule has 1 radical (unpaired) electrons. The lowest BCUT2D eigenvalue weighted by atomic mass is 10.0. The van der Waals surface area contributed by atoms with E-state index in [1.165, 1.54) is 5.56 Å². The van der Waals surface area contributed by atoms with Crippen molar-refractivity contribution in [1.82, 2.24) is 0 Å². The Kier molecular flexibility index (Phi) is 1.71. The molecule has 1 aromatic carbocycles. The molecule has 1 heteroatoms. The van der Waals surface area contributed by atoms with Crippen LogP contribution in [-0.2, 0) is 0 Å². The predicted molar refractivity (Wildman–Crippen MR) is 47.7 cm³/mol. The third kappa shape index (κ3) is 1.14. The second-order valence-electron chi connectivity index (χ2n) is 2.72. The van der Waals surface area contributed by atoms with E-state index in [-0.39, 0.29) is 0 Å². The summed E-state index contributed by atoms with van der Waals surface area (Å²) in [6, 6.07) is 11.1. The molecule has 0 aliphatic heterocycles. The summed E-state index contributed by atoms with van der Waals surface area (Å²) in [5.41, 5.74) is 3.45. The molecule has 1 nitrogen and oxygen atoms in total. The summed E-state index contributed by atoms with van der Waals surface area (Å²) >= 11 is 0. The van der Waals surface area contributed by atoms with Gasteiger partial charge in [0, 0.05) is 5.56 Å². The molecule has 0 atom stereocenters. The van der Waals surface area contributed by atoms with Crippen LogP contribution in [0.4, 0.5) is 0 Å². The van der Waals surface area contributed by atoms with Gasteiger partial charge in [0.1, 0.15) is 0 Å². The van der Waals surface area contributed by atoms with E-state index in [0.29, 0.717) is 0 Å². The largest absolute Gasteiger partial charge is 0.472 e. The van der Waals surface area contributed by atoms with Crippen molar-refractivity contribution >= 4 is 0 Å². The smallest absolute Gasteiger partial charge is 0.0981 e. The average molecular weight is 157 g/mol. The first-order valence-electron chi connectivity index (χ1n) is 3.88. The van der Waals surface area contributed by atoms with Gasteiger partial charge in [0.2, 0.25) is 0 Å². The van der Waals surface area contributed by atoms with Crippen molar-refractivity contribution in [1.29, 1.82) is 0 Å². The molecular formula is C11H9O. The van der Waals surface area contributed by atoms with Crippen LogP contribution in [0.3, 0.4) is 0 Å². The summed E-state index contributed by atoms with van der Waals surface area (Å²) in [6.07, 6.45) is 3.43. The number of aryl methyl sites for hydroxylation is 1. The molecule has 1 aromatic heterocycles. The summed E-state index contributed by atoms with van der Waals surface area (Å²) in [5, 5.41) is 0. The first-order valence-corrected chi connectivity index (χ1v) is 3.88. The van der Waals surface area contributed by atoms with Gasteiger partial charge < -0.3 is 4.42 Å². The second-order valence-corrected chi connectivity index (χ2v) is 2.72. The molecular weight excluding hydrogens is 148 g/mol. The van der Waals surface area contributed by atoms with E-state index in [9.17, 15) is 0 Å². The Morgan fingerprint density at radius 2 is 2.25 bits per heavy atom. The zero-order valence-corrected chi connectivity index (χ0v) is 6.87. The van der Waals surface area contributed by atoms with Crippen LogP contribution in [0, 0.1) is 13.0 Å². The summed E-state index contributed by atoms with van der Waals surface area (Å²) < 4.78 is 5.01. The van der Waals surface area contributed by atoms with Gasteiger partial charge in [-0.2, -0.15) is 0 Å². The zero-order valence-electron chi connectivity index (χ0n) is 6.87. The number of hydrogen-bond acceptors (Lipinski definition) is 1. The first kappa shape index (κ1) is 7.17. The Balaban J connectivity index is 2.55. The van der Waals surface area contributed by atoms with Crippen molar-refractivity contribution in [2.24, 2.45) is 0 Å².